The van der Waals surface area contributed by atoms with Gasteiger partial charge in [0.15, 0.2) is 0 Å². The molecule has 0 bridgehead atoms. The van der Waals surface area contributed by atoms with Crippen molar-refractivity contribution in [3.8, 4) is 44.9 Å². The van der Waals surface area contributed by atoms with Gasteiger partial charge in [-0.3, -0.25) is 4.98 Å². The lowest BCUT2D eigenvalue weighted by atomic mass is 9.93. The Morgan fingerprint density at radius 3 is 1.15 bits per heavy atom. The van der Waals surface area contributed by atoms with Crippen LogP contribution in [-0.4, -0.2) is 19.1 Å². The van der Waals surface area contributed by atoms with E-state index in [1.807, 2.05) is 6.20 Å². The number of rotatable bonds is 5. The van der Waals surface area contributed by atoms with Crippen LogP contribution in [0.3, 0.4) is 0 Å². The van der Waals surface area contributed by atoms with Crippen LogP contribution in [0, 0.1) is 0 Å². The van der Waals surface area contributed by atoms with E-state index in [-0.39, 0.29) is 0 Å². The minimum absolute atomic E-state index is 0.803. The molecule has 13 aromatic rings. The maximum atomic E-state index is 5.83. The van der Waals surface area contributed by atoms with Crippen LogP contribution in [0.25, 0.3) is 121 Å². The summed E-state index contributed by atoms with van der Waals surface area (Å²) in [5.74, 6) is 0. The molecular formula is C58H36N4. The van der Waals surface area contributed by atoms with Crippen LogP contribution in [0.4, 0.5) is 0 Å². The van der Waals surface area contributed by atoms with Crippen molar-refractivity contribution in [1.29, 1.82) is 0 Å². The number of hydrogen-bond donors (Lipinski definition) is 0. The molecule has 0 saturated heterocycles. The summed E-state index contributed by atoms with van der Waals surface area (Å²) in [6, 6.07) is 76.4. The van der Waals surface area contributed by atoms with E-state index < -0.39 is 0 Å². The molecule has 3 heterocycles. The van der Waals surface area contributed by atoms with E-state index in [2.05, 4.69) is 221 Å². The van der Waals surface area contributed by atoms with Gasteiger partial charge in [0.2, 0.25) is 0 Å². The Hall–Kier alpha value is -8.34. The molecule has 0 N–H and O–H groups in total. The van der Waals surface area contributed by atoms with Gasteiger partial charge in [-0.15, -0.1) is 0 Å². The average molecular weight is 789 g/mol. The highest BCUT2D eigenvalue weighted by atomic mass is 15.0. The molecule has 0 aliphatic rings. The van der Waals surface area contributed by atoms with Crippen molar-refractivity contribution in [2.75, 3.05) is 0 Å². The molecule has 0 saturated carbocycles. The maximum Gasteiger partial charge on any atom is 0.0979 e. The number of hydrogen-bond acceptors (Lipinski definition) is 2. The summed E-state index contributed by atoms with van der Waals surface area (Å²) in [5.41, 5.74) is 14.8. The monoisotopic (exact) mass is 788 g/mol. The maximum absolute atomic E-state index is 5.83. The lowest BCUT2D eigenvalue weighted by molar-refractivity contribution is 1.13. The van der Waals surface area contributed by atoms with E-state index in [0.29, 0.717) is 0 Å². The molecule has 4 heteroatoms. The summed E-state index contributed by atoms with van der Waals surface area (Å²) in [6.07, 6.45) is 2.01. The summed E-state index contributed by atoms with van der Waals surface area (Å²) in [5, 5.41) is 9.30. The zero-order valence-corrected chi connectivity index (χ0v) is 33.6. The molecule has 0 radical (unpaired) electrons. The van der Waals surface area contributed by atoms with Crippen LogP contribution >= 0.6 is 0 Å². The van der Waals surface area contributed by atoms with Crippen LogP contribution in [0.15, 0.2) is 219 Å². The van der Waals surface area contributed by atoms with Gasteiger partial charge in [0.05, 0.1) is 56.4 Å². The fraction of sp³-hybridized carbons (Fsp3) is 0. The summed E-state index contributed by atoms with van der Waals surface area (Å²) in [4.78, 5) is 11.3. The Bertz CT molecular complexity index is 3680. The Morgan fingerprint density at radius 1 is 0.290 bits per heavy atom. The summed E-state index contributed by atoms with van der Waals surface area (Å²) in [7, 11) is 0. The molecule has 0 amide bonds. The van der Waals surface area contributed by atoms with Gasteiger partial charge in [-0.25, -0.2) is 4.98 Å². The van der Waals surface area contributed by atoms with Gasteiger partial charge >= 0.3 is 0 Å². The van der Waals surface area contributed by atoms with Crippen molar-refractivity contribution in [3.63, 3.8) is 0 Å². The third-order valence-electron chi connectivity index (χ3n) is 12.7. The minimum Gasteiger partial charge on any atom is -0.308 e. The third kappa shape index (κ3) is 5.14. The van der Waals surface area contributed by atoms with E-state index in [4.69, 9.17) is 9.97 Å². The van der Waals surface area contributed by atoms with Crippen LogP contribution in [0.1, 0.15) is 0 Å². The van der Waals surface area contributed by atoms with E-state index in [1.165, 1.54) is 27.1 Å². The zero-order valence-electron chi connectivity index (χ0n) is 33.6. The summed E-state index contributed by atoms with van der Waals surface area (Å²) < 4.78 is 4.84. The predicted molar refractivity (Wildman–Crippen MR) is 260 cm³/mol. The minimum atomic E-state index is 0.803. The number of aromatic nitrogens is 4. The fourth-order valence-corrected chi connectivity index (χ4v) is 9.99. The molecule has 10 aromatic carbocycles. The molecule has 62 heavy (non-hydrogen) atoms. The van der Waals surface area contributed by atoms with Gasteiger partial charge in [0.25, 0.3) is 0 Å². The van der Waals surface area contributed by atoms with E-state index in [0.717, 1.165) is 94.0 Å². The molecule has 0 spiro atoms. The second kappa shape index (κ2) is 13.6. The number of fused-ring (bicyclic) bond motifs is 12. The van der Waals surface area contributed by atoms with E-state index >= 15 is 0 Å². The lowest BCUT2D eigenvalue weighted by Gasteiger charge is -2.20. The second-order valence-electron chi connectivity index (χ2n) is 16.1. The number of para-hydroxylation sites is 4. The summed E-state index contributed by atoms with van der Waals surface area (Å²) in [6.45, 7) is 0. The molecule has 3 aromatic heterocycles. The quantitative estimate of drug-likeness (QED) is 0.163. The Kier molecular flexibility index (Phi) is 7.57. The van der Waals surface area contributed by atoms with Crippen LogP contribution in [0.5, 0.6) is 0 Å². The van der Waals surface area contributed by atoms with Crippen molar-refractivity contribution in [2.45, 2.75) is 0 Å². The van der Waals surface area contributed by atoms with Gasteiger partial charge < -0.3 is 9.13 Å². The van der Waals surface area contributed by atoms with Crippen LogP contribution < -0.4 is 0 Å². The van der Waals surface area contributed by atoms with Crippen molar-refractivity contribution < 1.29 is 0 Å². The van der Waals surface area contributed by atoms with Crippen LogP contribution in [0.2, 0.25) is 0 Å². The molecule has 13 rings (SSSR count). The SMILES string of the molecule is c1ccc(-c2ccc3c4ccc(-c5ccccc5)cc4c4nc(-c5c(-n6c7ccccc7c7ccccc76)cccc5-n5c6ccccc6c6ccccc65)cnc4c3c2)cc1. The van der Waals surface area contributed by atoms with Gasteiger partial charge in [0.1, 0.15) is 0 Å². The highest BCUT2D eigenvalue weighted by Gasteiger charge is 2.24. The number of nitrogens with zero attached hydrogens (tertiary/aromatic N) is 4. The topological polar surface area (TPSA) is 35.6 Å². The highest BCUT2D eigenvalue weighted by molar-refractivity contribution is 6.24. The first-order valence-corrected chi connectivity index (χ1v) is 21.2. The highest BCUT2D eigenvalue weighted by Crippen LogP contribution is 2.43. The molecule has 288 valence electrons. The van der Waals surface area contributed by atoms with Crippen molar-refractivity contribution in [3.05, 3.63) is 219 Å². The zero-order chi connectivity index (χ0) is 40.7. The Balaban J connectivity index is 1.18. The molecule has 0 atom stereocenters. The molecule has 4 nitrogen and oxygen atoms in total. The molecule has 0 unspecified atom stereocenters. The molecular weight excluding hydrogens is 753 g/mol. The van der Waals surface area contributed by atoms with E-state index in [9.17, 15) is 0 Å². The second-order valence-corrected chi connectivity index (χ2v) is 16.1. The van der Waals surface area contributed by atoms with Gasteiger partial charge in [-0.2, -0.15) is 0 Å². The van der Waals surface area contributed by atoms with E-state index in [1.54, 1.807) is 0 Å². The predicted octanol–water partition coefficient (Wildman–Crippen LogP) is 15.1. The van der Waals surface area contributed by atoms with Crippen molar-refractivity contribution >= 4 is 76.2 Å². The van der Waals surface area contributed by atoms with Crippen LogP contribution in [-0.2, 0) is 0 Å². The molecule has 0 aliphatic carbocycles. The largest absolute Gasteiger partial charge is 0.308 e. The third-order valence-corrected chi connectivity index (χ3v) is 12.7. The first-order chi connectivity index (χ1) is 30.8. The first kappa shape index (κ1) is 34.5. The smallest absolute Gasteiger partial charge is 0.0979 e. The Labute approximate surface area is 357 Å². The van der Waals surface area contributed by atoms with Gasteiger partial charge in [-0.05, 0) is 81.6 Å². The normalized spacial score (nSPS) is 11.9. The summed E-state index contributed by atoms with van der Waals surface area (Å²) >= 11 is 0. The molecule has 0 fully saturated rings. The van der Waals surface area contributed by atoms with Crippen molar-refractivity contribution in [1.82, 2.24) is 19.1 Å². The average Bonchev–Trinajstić information content (AvgIpc) is 3.87. The molecule has 0 aliphatic heterocycles. The van der Waals surface area contributed by atoms with Crippen molar-refractivity contribution in [2.24, 2.45) is 0 Å². The standard InChI is InChI=1S/C58H36N4/c1-3-16-37(17-4-1)39-30-32-41-42-33-31-40(38-18-5-2-6-19-38)35-48(42)58-57(47(41)34-39)59-36-49(60-58)56-54(61-50-24-11-7-20-43(50)44-21-8-12-25-51(44)61)28-15-29-55(56)62-52-26-13-9-22-45(52)46-23-10-14-27-53(46)62/h1-36H. The van der Waals surface area contributed by atoms with Gasteiger partial charge in [0, 0.05) is 37.9 Å². The number of benzene rings is 10. The first-order valence-electron chi connectivity index (χ1n) is 21.2. The Morgan fingerprint density at radius 2 is 0.694 bits per heavy atom. The lowest BCUT2D eigenvalue weighted by Crippen LogP contribution is -2.05. The van der Waals surface area contributed by atoms with Gasteiger partial charge in [-0.1, -0.05) is 164 Å². The fourth-order valence-electron chi connectivity index (χ4n) is 9.99.